The van der Waals surface area contributed by atoms with Crippen LogP contribution in [0.4, 0.5) is 0 Å². The number of aliphatic hydroxyl groups is 6. The number of Topliss-reactive ketones (excluding diaryl/α,β-unsaturated/α-hetero) is 2. The van der Waals surface area contributed by atoms with E-state index in [1.54, 1.807) is 12.2 Å². The topological polar surface area (TPSA) is 190 Å². The molecule has 0 aromatic rings. The Kier molecular flexibility index (Phi) is 9.44. The number of carbonyl (C=O) groups excluding carboxylic acids is 4. The molecule has 6 fully saturated rings. The van der Waals surface area contributed by atoms with Gasteiger partial charge in [-0.2, -0.15) is 0 Å². The molecule has 4 unspecified atom stereocenters. The summed E-state index contributed by atoms with van der Waals surface area (Å²) < 4.78 is 1.34. The van der Waals surface area contributed by atoms with Crippen molar-refractivity contribution >= 4 is 23.1 Å². The second-order valence-electron chi connectivity index (χ2n) is 18.7. The molecule has 0 spiro atoms. The molecule has 2 aliphatic heterocycles. The summed E-state index contributed by atoms with van der Waals surface area (Å²) in [6.07, 6.45) is 13.4. The Hall–Kier alpha value is -3.52. The highest BCUT2D eigenvalue weighted by molar-refractivity contribution is 6.07. The van der Waals surface area contributed by atoms with Crippen LogP contribution < -0.4 is 0 Å². The van der Waals surface area contributed by atoms with Gasteiger partial charge < -0.3 is 39.6 Å². The van der Waals surface area contributed by atoms with E-state index in [4.69, 9.17) is 0 Å². The van der Waals surface area contributed by atoms with Gasteiger partial charge in [-0.15, -0.1) is 0 Å². The van der Waals surface area contributed by atoms with Crippen LogP contribution in [0, 0.1) is 22.7 Å². The first-order valence-electron chi connectivity index (χ1n) is 19.8. The third kappa shape index (κ3) is 5.18. The minimum absolute atomic E-state index is 0. The summed E-state index contributed by atoms with van der Waals surface area (Å²) in [4.78, 5) is 49.4. The van der Waals surface area contributed by atoms with Gasteiger partial charge in [-0.3, -0.25) is 19.2 Å². The number of fused-ring (bicyclic) bond motifs is 2. The van der Waals surface area contributed by atoms with E-state index in [1.807, 2.05) is 12.2 Å². The van der Waals surface area contributed by atoms with Crippen molar-refractivity contribution in [3.8, 4) is 0 Å². The Labute approximate surface area is 329 Å². The van der Waals surface area contributed by atoms with Crippen molar-refractivity contribution in [2.24, 2.45) is 22.7 Å². The average Bonchev–Trinajstić information content (AvgIpc) is 4.08. The maximum atomic E-state index is 12.5. The number of rotatable bonds is 4. The number of aliphatic hydroxyl groups excluding tert-OH is 4. The lowest BCUT2D eigenvalue weighted by Crippen LogP contribution is -2.79. The number of hydrogen-bond donors (Lipinski definition) is 6. The van der Waals surface area contributed by atoms with Crippen LogP contribution in [0.5, 0.6) is 0 Å². The Morgan fingerprint density at radius 3 is 1.30 bits per heavy atom. The quantitative estimate of drug-likeness (QED) is 0.232. The fourth-order valence-electron chi connectivity index (χ4n) is 12.6. The first-order chi connectivity index (χ1) is 25.5. The molecule has 2 saturated heterocycles. The summed E-state index contributed by atoms with van der Waals surface area (Å²) in [5, 5.41) is 67.3. The van der Waals surface area contributed by atoms with Gasteiger partial charge in [-0.05, 0) is 74.0 Å². The van der Waals surface area contributed by atoms with Gasteiger partial charge in [0.05, 0.1) is 51.1 Å². The molecule has 10 aliphatic rings. The lowest BCUT2D eigenvalue weighted by Gasteiger charge is -2.65. The first kappa shape index (κ1) is 40.7. The SMILES string of the molecule is C.C.C[N+]1(CC2CC2)CC[C@@]23C4=C(O)C(=O)C=CC4=C[C@@H]1[C@]2(O)CCC(=O)C3O.C[N+]1(CC2CC2)CC[C@@]23C4=C(O)C(=O)C=CC4=C[C@@H]1[C@]2(O)CCC(=O)C3O. The molecular weight excluding hydrogens is 716 g/mol. The average molecular weight is 777 g/mol. The van der Waals surface area contributed by atoms with Crippen molar-refractivity contribution in [1.82, 2.24) is 0 Å². The number of likely N-dealkylation sites (N-methyl/N-ethyl adjacent to an activating group) is 2. The van der Waals surface area contributed by atoms with Gasteiger partial charge in [0.15, 0.2) is 23.1 Å². The Morgan fingerprint density at radius 1 is 0.607 bits per heavy atom. The van der Waals surface area contributed by atoms with Crippen molar-refractivity contribution in [2.75, 3.05) is 40.3 Å². The maximum absolute atomic E-state index is 12.5. The number of carbonyl (C=O) groups is 4. The summed E-state index contributed by atoms with van der Waals surface area (Å²) in [5.74, 6) is -1.27. The molecule has 8 aliphatic carbocycles. The molecule has 6 N–H and O–H groups in total. The highest BCUT2D eigenvalue weighted by Gasteiger charge is 2.75. The predicted molar refractivity (Wildman–Crippen MR) is 207 cm³/mol. The van der Waals surface area contributed by atoms with E-state index in [2.05, 4.69) is 14.1 Å². The predicted octanol–water partition coefficient (Wildman–Crippen LogP) is 3.17. The van der Waals surface area contributed by atoms with Crippen LogP contribution in [0.25, 0.3) is 0 Å². The smallest absolute Gasteiger partial charge is 0.220 e. The number of ketones is 4. The number of likely N-dealkylation sites (tertiary alicyclic amines) is 2. The first-order valence-corrected chi connectivity index (χ1v) is 19.8. The zero-order valence-electron chi connectivity index (χ0n) is 31.0. The van der Waals surface area contributed by atoms with Crippen LogP contribution in [0.2, 0.25) is 0 Å². The molecule has 4 saturated carbocycles. The minimum Gasteiger partial charge on any atom is -0.504 e. The van der Waals surface area contributed by atoms with Gasteiger partial charge in [-0.25, -0.2) is 0 Å². The normalized spacial score (nSPS) is 44.5. The summed E-state index contributed by atoms with van der Waals surface area (Å²) in [6.45, 7) is 3.30. The van der Waals surface area contributed by atoms with Crippen molar-refractivity contribution in [3.05, 3.63) is 70.3 Å². The molecule has 0 aromatic carbocycles. The van der Waals surface area contributed by atoms with E-state index >= 15 is 0 Å². The monoisotopic (exact) mass is 776 g/mol. The van der Waals surface area contributed by atoms with Crippen LogP contribution in [-0.4, -0.2) is 139 Å². The van der Waals surface area contributed by atoms with Gasteiger partial charge >= 0.3 is 0 Å². The summed E-state index contributed by atoms with van der Waals surface area (Å²) in [5.41, 5.74) is -3.49. The van der Waals surface area contributed by atoms with E-state index in [9.17, 15) is 49.8 Å². The second kappa shape index (κ2) is 13.0. The molecule has 12 heteroatoms. The van der Waals surface area contributed by atoms with Crippen molar-refractivity contribution in [2.45, 2.75) is 115 Å². The lowest BCUT2D eigenvalue weighted by atomic mass is 9.47. The summed E-state index contributed by atoms with van der Waals surface area (Å²) in [6, 6.07) is -0.557. The third-order valence-corrected chi connectivity index (χ3v) is 15.6. The van der Waals surface area contributed by atoms with Gasteiger partial charge in [0.2, 0.25) is 11.6 Å². The lowest BCUT2D eigenvalue weighted by molar-refractivity contribution is -0.944. The highest BCUT2D eigenvalue weighted by atomic mass is 16.3. The largest absolute Gasteiger partial charge is 0.504 e. The van der Waals surface area contributed by atoms with Crippen LogP contribution in [-0.2, 0) is 19.2 Å². The van der Waals surface area contributed by atoms with E-state index in [-0.39, 0.29) is 75.3 Å². The Balaban J connectivity index is 0.000000166. The van der Waals surface area contributed by atoms with E-state index in [0.717, 1.165) is 13.1 Å². The van der Waals surface area contributed by atoms with Gasteiger partial charge in [0.25, 0.3) is 0 Å². The van der Waals surface area contributed by atoms with Crippen molar-refractivity contribution < 1.29 is 58.8 Å². The number of nitrogens with zero attached hydrogens (tertiary/aromatic N) is 2. The second-order valence-corrected chi connectivity index (χ2v) is 18.7. The van der Waals surface area contributed by atoms with E-state index < -0.39 is 57.3 Å². The van der Waals surface area contributed by atoms with Crippen LogP contribution in [0.1, 0.15) is 79.1 Å². The summed E-state index contributed by atoms with van der Waals surface area (Å²) in [7, 11) is 4.30. The minimum atomic E-state index is -1.41. The zero-order valence-corrected chi connectivity index (χ0v) is 31.0. The molecule has 0 radical (unpaired) electrons. The standard InChI is InChI=1S/2C21H25NO5.2CH4/c2*1-22(11-12-2-3-12)9-8-20-17-13(4-5-14(23)18(17)25)10-16(22)21(20,27)7-6-15(24)19(20)26;;/h2*4-5,10,12,16,19,26-27H,2-3,6-9,11H2,1H3;2*1H4/p+2/t2*16-,19?,20+,21-,22?;;/m11../s1. The molecule has 4 bridgehead atoms. The fourth-order valence-corrected chi connectivity index (χ4v) is 12.6. The van der Waals surface area contributed by atoms with Crippen LogP contribution in [0.3, 0.4) is 0 Å². The highest BCUT2D eigenvalue weighted by Crippen LogP contribution is 2.64. The number of piperidine rings is 2. The molecule has 304 valence electrons. The maximum Gasteiger partial charge on any atom is 0.220 e. The van der Waals surface area contributed by atoms with Crippen LogP contribution >= 0.6 is 0 Å². The number of quaternary nitrogens is 2. The molecule has 10 atom stereocenters. The van der Waals surface area contributed by atoms with Crippen molar-refractivity contribution in [1.29, 1.82) is 0 Å². The zero-order chi connectivity index (χ0) is 38.4. The number of allylic oxidation sites excluding steroid dienone is 6. The van der Waals surface area contributed by atoms with E-state index in [1.165, 1.54) is 37.8 Å². The molecule has 0 aromatic heterocycles. The summed E-state index contributed by atoms with van der Waals surface area (Å²) >= 11 is 0. The molecular formula is C44H60N2O10+2. The fraction of sp³-hybridized carbons (Fsp3) is 0.636. The van der Waals surface area contributed by atoms with Gasteiger partial charge in [-0.1, -0.05) is 27.0 Å². The Morgan fingerprint density at radius 2 is 0.964 bits per heavy atom. The van der Waals surface area contributed by atoms with Crippen LogP contribution in [0.15, 0.2) is 70.3 Å². The van der Waals surface area contributed by atoms with E-state index in [0.29, 0.717) is 57.9 Å². The number of hydrogen-bond acceptors (Lipinski definition) is 10. The van der Waals surface area contributed by atoms with Crippen molar-refractivity contribution in [3.63, 3.8) is 0 Å². The molecule has 2 heterocycles. The Bertz CT molecular complexity index is 1850. The van der Waals surface area contributed by atoms with Gasteiger partial charge in [0.1, 0.15) is 35.5 Å². The third-order valence-electron chi connectivity index (χ3n) is 15.6. The molecule has 10 rings (SSSR count). The van der Waals surface area contributed by atoms with Gasteiger partial charge in [0, 0.05) is 48.7 Å². The molecule has 0 amide bonds. The molecule has 56 heavy (non-hydrogen) atoms. The molecule has 12 nitrogen and oxygen atoms in total.